The van der Waals surface area contributed by atoms with E-state index in [1.54, 1.807) is 12.1 Å². The predicted octanol–water partition coefficient (Wildman–Crippen LogP) is 4.44. The van der Waals surface area contributed by atoms with Gasteiger partial charge in [-0.15, -0.1) is 0 Å². The summed E-state index contributed by atoms with van der Waals surface area (Å²) < 4.78 is 5.03. The van der Waals surface area contributed by atoms with Gasteiger partial charge in [0.05, 0.1) is 15.5 Å². The summed E-state index contributed by atoms with van der Waals surface area (Å²) in [7, 11) is 0. The van der Waals surface area contributed by atoms with Gasteiger partial charge in [0.1, 0.15) is 0 Å². The molecule has 3 aromatic rings. The van der Waals surface area contributed by atoms with Crippen LogP contribution in [0.15, 0.2) is 60.7 Å². The molecule has 0 aliphatic carbocycles. The Balaban J connectivity index is 1.75. The Morgan fingerprint density at radius 1 is 1.00 bits per heavy atom. The number of non-ortho nitro benzene ring substituents is 1. The first-order chi connectivity index (χ1) is 12.5. The molecule has 0 atom stereocenters. The number of Topliss-reactive ketones (excluding diaryl/α,β-unsaturated/α-hetero) is 1. The number of fused-ring (bicyclic) bond motifs is 1. The van der Waals surface area contributed by atoms with Gasteiger partial charge in [0.15, 0.2) is 6.61 Å². The topological polar surface area (TPSA) is 86.5 Å². The number of carbonyl (C=O) groups excluding carboxylic acids is 2. The second-order valence-corrected chi connectivity index (χ2v) is 5.85. The van der Waals surface area contributed by atoms with Gasteiger partial charge in [-0.3, -0.25) is 14.9 Å². The molecule has 0 radical (unpaired) electrons. The number of rotatable bonds is 5. The van der Waals surface area contributed by atoms with E-state index in [1.165, 1.54) is 6.07 Å². The molecule has 0 aromatic heterocycles. The number of halogens is 1. The first-order valence-electron chi connectivity index (χ1n) is 7.59. The van der Waals surface area contributed by atoms with Crippen LogP contribution in [0.3, 0.4) is 0 Å². The molecule has 0 unspecified atom stereocenters. The number of nitro benzene ring substituents is 1. The molecular formula is C19H12ClNO5. The smallest absolute Gasteiger partial charge is 0.340 e. The van der Waals surface area contributed by atoms with Gasteiger partial charge in [-0.25, -0.2) is 4.79 Å². The van der Waals surface area contributed by atoms with Gasteiger partial charge < -0.3 is 4.74 Å². The van der Waals surface area contributed by atoms with Crippen LogP contribution in [-0.2, 0) is 4.74 Å². The van der Waals surface area contributed by atoms with Crippen LogP contribution in [0.4, 0.5) is 5.69 Å². The van der Waals surface area contributed by atoms with Gasteiger partial charge in [-0.05, 0) is 16.8 Å². The van der Waals surface area contributed by atoms with Crippen molar-refractivity contribution >= 4 is 39.8 Å². The van der Waals surface area contributed by atoms with E-state index in [0.29, 0.717) is 5.56 Å². The highest BCUT2D eigenvalue weighted by molar-refractivity contribution is 6.33. The summed E-state index contributed by atoms with van der Waals surface area (Å²) in [4.78, 5) is 34.6. The van der Waals surface area contributed by atoms with Crippen LogP contribution in [0.1, 0.15) is 20.7 Å². The van der Waals surface area contributed by atoms with E-state index < -0.39 is 17.5 Å². The van der Waals surface area contributed by atoms with E-state index in [-0.39, 0.29) is 22.1 Å². The monoisotopic (exact) mass is 369 g/mol. The summed E-state index contributed by atoms with van der Waals surface area (Å²) >= 11 is 5.89. The number of hydrogen-bond acceptors (Lipinski definition) is 5. The average Bonchev–Trinajstić information content (AvgIpc) is 2.65. The van der Waals surface area contributed by atoms with Crippen molar-refractivity contribution in [2.75, 3.05) is 6.61 Å². The average molecular weight is 370 g/mol. The predicted molar refractivity (Wildman–Crippen MR) is 96.7 cm³/mol. The number of ketones is 1. The van der Waals surface area contributed by atoms with Crippen LogP contribution in [-0.4, -0.2) is 23.3 Å². The summed E-state index contributed by atoms with van der Waals surface area (Å²) in [6.45, 7) is -0.458. The molecule has 0 aliphatic heterocycles. The first-order valence-corrected chi connectivity index (χ1v) is 7.97. The molecule has 0 saturated carbocycles. The zero-order chi connectivity index (χ0) is 18.7. The molecule has 0 saturated heterocycles. The summed E-state index contributed by atoms with van der Waals surface area (Å²) in [5.74, 6) is -1.17. The van der Waals surface area contributed by atoms with Crippen molar-refractivity contribution in [1.29, 1.82) is 0 Å². The van der Waals surface area contributed by atoms with E-state index in [0.717, 1.165) is 22.9 Å². The van der Waals surface area contributed by atoms with Crippen LogP contribution in [0.5, 0.6) is 0 Å². The van der Waals surface area contributed by atoms with Crippen molar-refractivity contribution in [2.45, 2.75) is 0 Å². The van der Waals surface area contributed by atoms with E-state index >= 15 is 0 Å². The minimum Gasteiger partial charge on any atom is -0.454 e. The summed E-state index contributed by atoms with van der Waals surface area (Å²) in [5.41, 5.74) is 0.173. The zero-order valence-electron chi connectivity index (χ0n) is 13.3. The Morgan fingerprint density at radius 2 is 1.73 bits per heavy atom. The second-order valence-electron chi connectivity index (χ2n) is 5.45. The fourth-order valence-corrected chi connectivity index (χ4v) is 2.79. The number of ether oxygens (including phenoxy) is 1. The lowest BCUT2D eigenvalue weighted by Crippen LogP contribution is -2.15. The van der Waals surface area contributed by atoms with Crippen molar-refractivity contribution in [2.24, 2.45) is 0 Å². The van der Waals surface area contributed by atoms with Crippen molar-refractivity contribution in [1.82, 2.24) is 0 Å². The highest BCUT2D eigenvalue weighted by atomic mass is 35.5. The molecule has 0 amide bonds. The Labute approximate surface area is 153 Å². The lowest BCUT2D eigenvalue weighted by atomic mass is 10.0. The van der Waals surface area contributed by atoms with Crippen LogP contribution >= 0.6 is 11.6 Å². The highest BCUT2D eigenvalue weighted by Crippen LogP contribution is 2.23. The normalized spacial score (nSPS) is 10.5. The van der Waals surface area contributed by atoms with Gasteiger partial charge in [-0.2, -0.15) is 0 Å². The Kier molecular flexibility index (Phi) is 4.95. The van der Waals surface area contributed by atoms with Crippen molar-refractivity contribution in [3.05, 3.63) is 86.9 Å². The minimum absolute atomic E-state index is 0.0389. The van der Waals surface area contributed by atoms with Crippen molar-refractivity contribution in [3.8, 4) is 0 Å². The van der Waals surface area contributed by atoms with Crippen molar-refractivity contribution in [3.63, 3.8) is 0 Å². The number of carbonyl (C=O) groups is 2. The van der Waals surface area contributed by atoms with E-state index in [2.05, 4.69) is 0 Å². The SMILES string of the molecule is O=C(OCC(=O)c1cccc2ccccc12)c1ccc([N+](=O)[O-])cc1Cl. The van der Waals surface area contributed by atoms with Crippen LogP contribution in [0, 0.1) is 10.1 Å². The third kappa shape index (κ3) is 3.55. The third-order valence-corrected chi connectivity index (χ3v) is 4.12. The lowest BCUT2D eigenvalue weighted by molar-refractivity contribution is -0.384. The van der Waals surface area contributed by atoms with E-state index in [4.69, 9.17) is 16.3 Å². The highest BCUT2D eigenvalue weighted by Gasteiger charge is 2.18. The maximum absolute atomic E-state index is 12.4. The van der Waals surface area contributed by atoms with Gasteiger partial charge >= 0.3 is 5.97 Å². The van der Waals surface area contributed by atoms with Crippen LogP contribution in [0.25, 0.3) is 10.8 Å². The van der Waals surface area contributed by atoms with E-state index in [1.807, 2.05) is 30.3 Å². The summed E-state index contributed by atoms with van der Waals surface area (Å²) in [5, 5.41) is 12.3. The lowest BCUT2D eigenvalue weighted by Gasteiger charge is -2.08. The quantitative estimate of drug-likeness (QED) is 0.287. The molecule has 3 rings (SSSR count). The van der Waals surface area contributed by atoms with Crippen molar-refractivity contribution < 1.29 is 19.2 Å². The van der Waals surface area contributed by atoms with Gasteiger partial charge in [0.25, 0.3) is 5.69 Å². The van der Waals surface area contributed by atoms with Gasteiger partial charge in [0.2, 0.25) is 5.78 Å². The molecule has 26 heavy (non-hydrogen) atoms. The maximum atomic E-state index is 12.4. The Morgan fingerprint density at radius 3 is 2.46 bits per heavy atom. The fraction of sp³-hybridized carbons (Fsp3) is 0.0526. The molecule has 0 aliphatic rings. The number of nitrogens with zero attached hydrogens (tertiary/aromatic N) is 1. The molecule has 7 heteroatoms. The first kappa shape index (κ1) is 17.6. The third-order valence-electron chi connectivity index (χ3n) is 3.81. The molecular weight excluding hydrogens is 358 g/mol. The number of benzene rings is 3. The number of hydrogen-bond donors (Lipinski definition) is 0. The fourth-order valence-electron chi connectivity index (χ4n) is 2.54. The molecule has 6 nitrogen and oxygen atoms in total. The Hall–Kier alpha value is -3.25. The molecule has 0 fully saturated rings. The largest absolute Gasteiger partial charge is 0.454 e. The van der Waals surface area contributed by atoms with Crippen LogP contribution < -0.4 is 0 Å². The van der Waals surface area contributed by atoms with Crippen LogP contribution in [0.2, 0.25) is 5.02 Å². The standard InChI is InChI=1S/C19H12ClNO5/c20-17-10-13(21(24)25)8-9-16(17)19(23)26-11-18(22)15-7-3-5-12-4-1-2-6-14(12)15/h1-10H,11H2. The number of nitro groups is 1. The van der Waals surface area contributed by atoms with E-state index in [9.17, 15) is 19.7 Å². The maximum Gasteiger partial charge on any atom is 0.340 e. The van der Waals surface area contributed by atoms with Gasteiger partial charge in [0, 0.05) is 17.7 Å². The molecule has 130 valence electrons. The molecule has 0 N–H and O–H groups in total. The molecule has 0 spiro atoms. The summed E-state index contributed by atoms with van der Waals surface area (Å²) in [6, 6.07) is 16.1. The minimum atomic E-state index is -0.821. The second kappa shape index (κ2) is 7.33. The zero-order valence-corrected chi connectivity index (χ0v) is 14.1. The number of esters is 1. The molecule has 3 aromatic carbocycles. The molecule has 0 heterocycles. The summed E-state index contributed by atoms with van der Waals surface area (Å²) in [6.07, 6.45) is 0. The van der Waals surface area contributed by atoms with Gasteiger partial charge in [-0.1, -0.05) is 54.1 Å². The Bertz CT molecular complexity index is 1030. The molecule has 0 bridgehead atoms.